The summed E-state index contributed by atoms with van der Waals surface area (Å²) >= 11 is 1.91. The molecule has 0 radical (unpaired) electrons. The molecule has 2 unspecified atom stereocenters. The minimum atomic E-state index is 0.560. The van der Waals surface area contributed by atoms with Crippen LogP contribution in [0.15, 0.2) is 6.07 Å². The van der Waals surface area contributed by atoms with E-state index in [1.54, 1.807) is 0 Å². The van der Waals surface area contributed by atoms with Gasteiger partial charge >= 0.3 is 0 Å². The lowest BCUT2D eigenvalue weighted by molar-refractivity contribution is 0.178. The highest BCUT2D eigenvalue weighted by molar-refractivity contribution is 7.12. The van der Waals surface area contributed by atoms with E-state index < -0.39 is 0 Å². The number of thiophene rings is 1. The van der Waals surface area contributed by atoms with Gasteiger partial charge in [0.25, 0.3) is 0 Å². The lowest BCUT2D eigenvalue weighted by atomic mass is 10.0. The fourth-order valence-electron chi connectivity index (χ4n) is 2.11. The van der Waals surface area contributed by atoms with Crippen LogP contribution in [0.25, 0.3) is 0 Å². The zero-order valence-electron chi connectivity index (χ0n) is 10.4. The van der Waals surface area contributed by atoms with Gasteiger partial charge < -0.3 is 10.1 Å². The zero-order valence-corrected chi connectivity index (χ0v) is 11.2. The lowest BCUT2D eigenvalue weighted by Gasteiger charge is -2.18. The SMILES string of the molecule is Cc1cc(CNC(C)C2CCOC2)sc1C. The summed E-state index contributed by atoms with van der Waals surface area (Å²) in [7, 11) is 0. The van der Waals surface area contributed by atoms with Crippen LogP contribution in [0, 0.1) is 19.8 Å². The maximum absolute atomic E-state index is 5.42. The number of rotatable bonds is 4. The van der Waals surface area contributed by atoms with E-state index >= 15 is 0 Å². The molecule has 2 heterocycles. The van der Waals surface area contributed by atoms with Crippen LogP contribution in [0.3, 0.4) is 0 Å². The number of hydrogen-bond donors (Lipinski definition) is 1. The molecule has 2 nitrogen and oxygen atoms in total. The van der Waals surface area contributed by atoms with Gasteiger partial charge in [-0.1, -0.05) is 0 Å². The summed E-state index contributed by atoms with van der Waals surface area (Å²) in [6.45, 7) is 9.51. The van der Waals surface area contributed by atoms with E-state index in [9.17, 15) is 0 Å². The van der Waals surface area contributed by atoms with Gasteiger partial charge in [0, 0.05) is 28.9 Å². The monoisotopic (exact) mass is 239 g/mol. The summed E-state index contributed by atoms with van der Waals surface area (Å²) in [5.41, 5.74) is 1.42. The smallest absolute Gasteiger partial charge is 0.0509 e. The van der Waals surface area contributed by atoms with Crippen LogP contribution in [0.2, 0.25) is 0 Å². The Labute approximate surface area is 102 Å². The first-order valence-electron chi connectivity index (χ1n) is 6.04. The molecule has 0 bridgehead atoms. The van der Waals surface area contributed by atoms with E-state index in [-0.39, 0.29) is 0 Å². The average Bonchev–Trinajstić information content (AvgIpc) is 2.86. The van der Waals surface area contributed by atoms with Crippen molar-refractivity contribution in [1.82, 2.24) is 5.32 Å². The van der Waals surface area contributed by atoms with Gasteiger partial charge in [-0.2, -0.15) is 0 Å². The third-order valence-electron chi connectivity index (χ3n) is 3.49. The second-order valence-electron chi connectivity index (χ2n) is 4.75. The van der Waals surface area contributed by atoms with Crippen LogP contribution in [0.4, 0.5) is 0 Å². The summed E-state index contributed by atoms with van der Waals surface area (Å²) in [6, 6.07) is 2.86. The van der Waals surface area contributed by atoms with E-state index in [4.69, 9.17) is 4.74 Å². The van der Waals surface area contributed by atoms with Gasteiger partial charge in [0.15, 0.2) is 0 Å². The third-order valence-corrected chi connectivity index (χ3v) is 4.64. The van der Waals surface area contributed by atoms with Gasteiger partial charge in [0.2, 0.25) is 0 Å². The van der Waals surface area contributed by atoms with Gasteiger partial charge in [0.1, 0.15) is 0 Å². The summed E-state index contributed by atoms with van der Waals surface area (Å²) in [5, 5.41) is 3.61. The van der Waals surface area contributed by atoms with Crippen molar-refractivity contribution in [2.24, 2.45) is 5.92 Å². The predicted molar refractivity (Wildman–Crippen MR) is 69.0 cm³/mol. The molecule has 1 aromatic heterocycles. The van der Waals surface area contributed by atoms with Gasteiger partial charge in [-0.15, -0.1) is 11.3 Å². The number of ether oxygens (including phenoxy) is 1. The highest BCUT2D eigenvalue weighted by atomic mass is 32.1. The molecule has 2 atom stereocenters. The molecule has 1 aliphatic rings. The molecule has 2 rings (SSSR count). The van der Waals surface area contributed by atoms with Crippen LogP contribution >= 0.6 is 11.3 Å². The second kappa shape index (κ2) is 5.30. The zero-order chi connectivity index (χ0) is 11.5. The highest BCUT2D eigenvalue weighted by Crippen LogP contribution is 2.21. The predicted octanol–water partition coefficient (Wildman–Crippen LogP) is 2.88. The summed E-state index contributed by atoms with van der Waals surface area (Å²) in [4.78, 5) is 2.88. The Bertz CT molecular complexity index is 322. The van der Waals surface area contributed by atoms with Crippen molar-refractivity contribution in [2.45, 2.75) is 39.8 Å². The van der Waals surface area contributed by atoms with Crippen molar-refractivity contribution >= 4 is 11.3 Å². The Balaban J connectivity index is 1.82. The van der Waals surface area contributed by atoms with Crippen molar-refractivity contribution in [3.05, 3.63) is 21.4 Å². The molecule has 0 amide bonds. The molecule has 1 saturated heterocycles. The topological polar surface area (TPSA) is 21.3 Å². The minimum Gasteiger partial charge on any atom is -0.381 e. The van der Waals surface area contributed by atoms with Crippen molar-refractivity contribution < 1.29 is 4.74 Å². The summed E-state index contributed by atoms with van der Waals surface area (Å²) in [5.74, 6) is 0.696. The first-order valence-corrected chi connectivity index (χ1v) is 6.85. The first kappa shape index (κ1) is 12.1. The Morgan fingerprint density at radius 3 is 2.94 bits per heavy atom. The summed E-state index contributed by atoms with van der Waals surface area (Å²) < 4.78 is 5.42. The van der Waals surface area contributed by atoms with Crippen molar-refractivity contribution in [3.8, 4) is 0 Å². The maximum Gasteiger partial charge on any atom is 0.0509 e. The van der Waals surface area contributed by atoms with E-state index in [0.29, 0.717) is 12.0 Å². The van der Waals surface area contributed by atoms with Crippen molar-refractivity contribution in [2.75, 3.05) is 13.2 Å². The largest absolute Gasteiger partial charge is 0.381 e. The van der Waals surface area contributed by atoms with Gasteiger partial charge in [-0.25, -0.2) is 0 Å². The lowest BCUT2D eigenvalue weighted by Crippen LogP contribution is -2.33. The van der Waals surface area contributed by atoms with Crippen molar-refractivity contribution in [1.29, 1.82) is 0 Å². The molecule has 0 spiro atoms. The van der Waals surface area contributed by atoms with Crippen LogP contribution < -0.4 is 5.32 Å². The number of aryl methyl sites for hydroxylation is 2. The third kappa shape index (κ3) is 2.84. The fraction of sp³-hybridized carbons (Fsp3) is 0.692. The second-order valence-corrected chi connectivity index (χ2v) is 6.09. The maximum atomic E-state index is 5.42. The molecule has 90 valence electrons. The van der Waals surface area contributed by atoms with Crippen LogP contribution in [-0.2, 0) is 11.3 Å². The van der Waals surface area contributed by atoms with Crippen LogP contribution in [0.5, 0.6) is 0 Å². The fourth-order valence-corrected chi connectivity index (χ4v) is 3.12. The molecule has 1 fully saturated rings. The molecular formula is C13H21NOS. The van der Waals surface area contributed by atoms with Gasteiger partial charge in [-0.3, -0.25) is 0 Å². The molecule has 1 N–H and O–H groups in total. The molecule has 1 aromatic rings. The Kier molecular flexibility index (Phi) is 4.00. The van der Waals surface area contributed by atoms with Crippen LogP contribution in [-0.4, -0.2) is 19.3 Å². The first-order chi connectivity index (χ1) is 7.66. The van der Waals surface area contributed by atoms with E-state index in [2.05, 4.69) is 32.2 Å². The molecule has 0 saturated carbocycles. The highest BCUT2D eigenvalue weighted by Gasteiger charge is 2.21. The summed E-state index contributed by atoms with van der Waals surface area (Å²) in [6.07, 6.45) is 1.21. The molecular weight excluding hydrogens is 218 g/mol. The van der Waals surface area contributed by atoms with E-state index in [0.717, 1.165) is 19.8 Å². The van der Waals surface area contributed by atoms with E-state index in [1.807, 2.05) is 11.3 Å². The standard InChI is InChI=1S/C13H21NOS/c1-9-6-13(16-11(9)3)7-14-10(2)12-4-5-15-8-12/h6,10,12,14H,4-5,7-8H2,1-3H3. The quantitative estimate of drug-likeness (QED) is 0.872. The normalized spacial score (nSPS) is 22.6. The van der Waals surface area contributed by atoms with Crippen molar-refractivity contribution in [3.63, 3.8) is 0 Å². The number of nitrogens with one attached hydrogen (secondary N) is 1. The van der Waals surface area contributed by atoms with Crippen LogP contribution in [0.1, 0.15) is 28.7 Å². The molecule has 1 aliphatic heterocycles. The number of hydrogen-bond acceptors (Lipinski definition) is 3. The molecule has 16 heavy (non-hydrogen) atoms. The molecule has 0 aliphatic carbocycles. The average molecular weight is 239 g/mol. The minimum absolute atomic E-state index is 0.560. The Morgan fingerprint density at radius 2 is 2.38 bits per heavy atom. The molecule has 3 heteroatoms. The molecule has 0 aromatic carbocycles. The van der Waals surface area contributed by atoms with E-state index in [1.165, 1.54) is 21.7 Å². The van der Waals surface area contributed by atoms with Gasteiger partial charge in [0.05, 0.1) is 6.61 Å². The Morgan fingerprint density at radius 1 is 1.56 bits per heavy atom. The Hall–Kier alpha value is -0.380. The van der Waals surface area contributed by atoms with Gasteiger partial charge in [-0.05, 0) is 44.7 Å².